The highest BCUT2D eigenvalue weighted by Gasteiger charge is 2.39. The number of benzene rings is 1. The predicted octanol–water partition coefficient (Wildman–Crippen LogP) is 3.58. The second-order valence-corrected chi connectivity index (χ2v) is 6.70. The zero-order valence-corrected chi connectivity index (χ0v) is 14.5. The first-order valence-electron chi connectivity index (χ1n) is 8.78. The molecular weight excluding hydrogens is 326 g/mol. The lowest BCUT2D eigenvalue weighted by Crippen LogP contribution is -2.51. The summed E-state index contributed by atoms with van der Waals surface area (Å²) in [6.45, 7) is 2.19. The third-order valence-electron chi connectivity index (χ3n) is 5.09. The van der Waals surface area contributed by atoms with Gasteiger partial charge in [0.25, 0.3) is 0 Å². The summed E-state index contributed by atoms with van der Waals surface area (Å²) < 4.78 is 1.70. The Morgan fingerprint density at radius 2 is 1.92 bits per heavy atom. The molecule has 0 aliphatic heterocycles. The molecule has 3 aromatic rings. The summed E-state index contributed by atoms with van der Waals surface area (Å²) >= 11 is 0. The number of carbonyl (C=O) groups excluding carboxylic acids is 1. The highest BCUT2D eigenvalue weighted by atomic mass is 16.2. The molecule has 2 aromatic heterocycles. The summed E-state index contributed by atoms with van der Waals surface area (Å²) in [6, 6.07) is 14.2. The van der Waals surface area contributed by atoms with E-state index in [-0.39, 0.29) is 12.1 Å². The molecule has 2 N–H and O–H groups in total. The van der Waals surface area contributed by atoms with E-state index in [0.29, 0.717) is 17.5 Å². The lowest BCUT2D eigenvalue weighted by Gasteiger charge is -2.43. The normalized spacial score (nSPS) is 21.7. The summed E-state index contributed by atoms with van der Waals surface area (Å²) in [5.41, 5.74) is 2.90. The Morgan fingerprint density at radius 3 is 2.65 bits per heavy atom. The highest BCUT2D eigenvalue weighted by molar-refractivity contribution is 5.89. The maximum atomic E-state index is 12.3. The van der Waals surface area contributed by atoms with Gasteiger partial charge in [-0.15, -0.1) is 0 Å². The number of carbonyl (C=O) groups is 1. The van der Waals surface area contributed by atoms with Crippen LogP contribution in [0.3, 0.4) is 0 Å². The van der Waals surface area contributed by atoms with Crippen molar-refractivity contribution in [3.63, 3.8) is 0 Å². The Bertz CT molecular complexity index is 877. The molecule has 0 saturated heterocycles. The van der Waals surface area contributed by atoms with Crippen molar-refractivity contribution in [2.75, 3.05) is 5.32 Å². The van der Waals surface area contributed by atoms with E-state index in [4.69, 9.17) is 0 Å². The maximum absolute atomic E-state index is 12.3. The van der Waals surface area contributed by atoms with Crippen LogP contribution in [0.5, 0.6) is 0 Å². The van der Waals surface area contributed by atoms with Gasteiger partial charge in [-0.1, -0.05) is 37.3 Å². The molecule has 0 bridgehead atoms. The fourth-order valence-electron chi connectivity index (χ4n) is 3.48. The van der Waals surface area contributed by atoms with Crippen LogP contribution in [0.15, 0.2) is 67.3 Å². The van der Waals surface area contributed by atoms with Gasteiger partial charge in [-0.2, -0.15) is 5.10 Å². The Labute approximate surface area is 152 Å². The lowest BCUT2D eigenvalue weighted by atomic mass is 9.67. The molecule has 6 heteroatoms. The van der Waals surface area contributed by atoms with Crippen LogP contribution in [0.2, 0.25) is 0 Å². The standard InChI is InChI=1S/C20H21N5O/c1-14-18(15-5-3-2-4-6-15)11-19(14)24-20(26)23-16-12-22-25(13-16)17-7-9-21-10-8-17/h2-10,12-14,18-19H,11H2,1H3,(H2,23,24,26). The third-order valence-corrected chi connectivity index (χ3v) is 5.09. The molecule has 1 aliphatic rings. The summed E-state index contributed by atoms with van der Waals surface area (Å²) in [5.74, 6) is 0.929. The van der Waals surface area contributed by atoms with E-state index in [9.17, 15) is 4.79 Å². The molecule has 0 radical (unpaired) electrons. The molecular formula is C20H21N5O. The number of rotatable bonds is 4. The van der Waals surface area contributed by atoms with Gasteiger partial charge in [0, 0.05) is 18.4 Å². The number of hydrogen-bond acceptors (Lipinski definition) is 3. The molecule has 0 spiro atoms. The molecule has 2 heterocycles. The topological polar surface area (TPSA) is 71.8 Å². The monoisotopic (exact) mass is 347 g/mol. The summed E-state index contributed by atoms with van der Waals surface area (Å²) in [5, 5.41) is 10.2. The van der Waals surface area contributed by atoms with E-state index in [1.54, 1.807) is 29.5 Å². The molecule has 1 fully saturated rings. The molecule has 1 saturated carbocycles. The Morgan fingerprint density at radius 1 is 1.15 bits per heavy atom. The van der Waals surface area contributed by atoms with Crippen LogP contribution >= 0.6 is 0 Å². The van der Waals surface area contributed by atoms with E-state index in [2.05, 4.69) is 51.9 Å². The van der Waals surface area contributed by atoms with E-state index in [1.165, 1.54) is 5.56 Å². The average Bonchev–Trinajstić information content (AvgIpc) is 3.14. The minimum atomic E-state index is -0.192. The van der Waals surface area contributed by atoms with Gasteiger partial charge < -0.3 is 10.6 Å². The highest BCUT2D eigenvalue weighted by Crippen LogP contribution is 2.42. The largest absolute Gasteiger partial charge is 0.335 e. The van der Waals surface area contributed by atoms with Crippen LogP contribution < -0.4 is 10.6 Å². The van der Waals surface area contributed by atoms with Crippen LogP contribution in [0.4, 0.5) is 10.5 Å². The fraction of sp³-hybridized carbons (Fsp3) is 0.250. The summed E-state index contributed by atoms with van der Waals surface area (Å²) in [6.07, 6.45) is 7.80. The van der Waals surface area contributed by atoms with Crippen molar-refractivity contribution in [2.45, 2.75) is 25.3 Å². The first-order valence-corrected chi connectivity index (χ1v) is 8.78. The number of urea groups is 1. The van der Waals surface area contributed by atoms with Gasteiger partial charge in [-0.3, -0.25) is 4.98 Å². The average molecular weight is 347 g/mol. The number of hydrogen-bond donors (Lipinski definition) is 2. The number of nitrogens with one attached hydrogen (secondary N) is 2. The molecule has 132 valence electrons. The predicted molar refractivity (Wildman–Crippen MR) is 100 cm³/mol. The molecule has 6 nitrogen and oxygen atoms in total. The van der Waals surface area contributed by atoms with Gasteiger partial charge in [-0.25, -0.2) is 9.48 Å². The van der Waals surface area contributed by atoms with Gasteiger partial charge in [0.1, 0.15) is 0 Å². The van der Waals surface area contributed by atoms with Gasteiger partial charge in [-0.05, 0) is 36.0 Å². The van der Waals surface area contributed by atoms with Gasteiger partial charge >= 0.3 is 6.03 Å². The van der Waals surface area contributed by atoms with Gasteiger partial charge in [0.2, 0.25) is 0 Å². The number of anilines is 1. The first-order chi connectivity index (χ1) is 12.7. The zero-order valence-electron chi connectivity index (χ0n) is 14.5. The quantitative estimate of drug-likeness (QED) is 0.758. The fourth-order valence-corrected chi connectivity index (χ4v) is 3.48. The van der Waals surface area contributed by atoms with E-state index >= 15 is 0 Å². The summed E-state index contributed by atoms with van der Waals surface area (Å²) in [7, 11) is 0. The zero-order chi connectivity index (χ0) is 17.9. The minimum absolute atomic E-state index is 0.190. The Balaban J connectivity index is 1.32. The van der Waals surface area contributed by atoms with Crippen molar-refractivity contribution in [3.05, 3.63) is 72.8 Å². The van der Waals surface area contributed by atoms with Crippen molar-refractivity contribution in [2.24, 2.45) is 5.92 Å². The van der Waals surface area contributed by atoms with Crippen molar-refractivity contribution in [1.82, 2.24) is 20.1 Å². The van der Waals surface area contributed by atoms with Gasteiger partial charge in [0.05, 0.1) is 23.8 Å². The number of aromatic nitrogens is 3. The van der Waals surface area contributed by atoms with Crippen LogP contribution in [-0.2, 0) is 0 Å². The van der Waals surface area contributed by atoms with Crippen LogP contribution in [0.1, 0.15) is 24.8 Å². The molecule has 3 unspecified atom stereocenters. The van der Waals surface area contributed by atoms with Crippen LogP contribution in [0, 0.1) is 5.92 Å². The van der Waals surface area contributed by atoms with Crippen molar-refractivity contribution < 1.29 is 4.79 Å². The number of amides is 2. The van der Waals surface area contributed by atoms with E-state index in [0.717, 1.165) is 12.1 Å². The number of nitrogens with zero attached hydrogens (tertiary/aromatic N) is 3. The Kier molecular flexibility index (Phi) is 4.39. The molecule has 1 aliphatic carbocycles. The van der Waals surface area contributed by atoms with Crippen LogP contribution in [0.25, 0.3) is 5.69 Å². The second kappa shape index (κ2) is 7.00. The van der Waals surface area contributed by atoms with Crippen molar-refractivity contribution >= 4 is 11.7 Å². The molecule has 26 heavy (non-hydrogen) atoms. The molecule has 4 rings (SSSR count). The minimum Gasteiger partial charge on any atom is -0.335 e. The van der Waals surface area contributed by atoms with Crippen molar-refractivity contribution in [3.8, 4) is 5.69 Å². The lowest BCUT2D eigenvalue weighted by molar-refractivity contribution is 0.184. The van der Waals surface area contributed by atoms with Crippen molar-refractivity contribution in [1.29, 1.82) is 0 Å². The molecule has 2 amide bonds. The van der Waals surface area contributed by atoms with Gasteiger partial charge in [0.15, 0.2) is 0 Å². The smallest absolute Gasteiger partial charge is 0.319 e. The summed E-state index contributed by atoms with van der Waals surface area (Å²) in [4.78, 5) is 16.3. The number of pyridine rings is 1. The van der Waals surface area contributed by atoms with Crippen LogP contribution in [-0.4, -0.2) is 26.8 Å². The molecule has 1 aromatic carbocycles. The SMILES string of the molecule is CC1C(NC(=O)Nc2cnn(-c3ccncc3)c2)CC1c1ccccc1. The van der Waals surface area contributed by atoms with E-state index < -0.39 is 0 Å². The second-order valence-electron chi connectivity index (χ2n) is 6.70. The molecule has 3 atom stereocenters. The third kappa shape index (κ3) is 3.31. The van der Waals surface area contributed by atoms with E-state index in [1.807, 2.05) is 18.2 Å². The first kappa shape index (κ1) is 16.3. The maximum Gasteiger partial charge on any atom is 0.319 e. The Hall–Kier alpha value is -3.15.